The summed E-state index contributed by atoms with van der Waals surface area (Å²) in [6.45, 7) is 7.45. The van der Waals surface area contributed by atoms with Crippen LogP contribution < -0.4 is 0 Å². The average molecular weight is 398 g/mol. The average Bonchev–Trinajstić information content (AvgIpc) is 2.72. The number of benzene rings is 2. The lowest BCUT2D eigenvalue weighted by Gasteiger charge is -2.18. The highest BCUT2D eigenvalue weighted by atomic mass is 32.2. The number of fused-ring (bicyclic) bond motifs is 1. The summed E-state index contributed by atoms with van der Waals surface area (Å²) in [6, 6.07) is 12.3. The van der Waals surface area contributed by atoms with Crippen LogP contribution in [0.5, 0.6) is 0 Å². The maximum atomic E-state index is 13.3. The van der Waals surface area contributed by atoms with Gasteiger partial charge in [-0.25, -0.2) is 14.4 Å². The van der Waals surface area contributed by atoms with Gasteiger partial charge in [0, 0.05) is 24.0 Å². The molecule has 0 aliphatic rings. The Hall–Kier alpha value is -2.47. The highest BCUT2D eigenvalue weighted by Gasteiger charge is 2.15. The molecule has 0 aliphatic carbocycles. The van der Waals surface area contributed by atoms with Crippen molar-refractivity contribution in [1.82, 2.24) is 14.9 Å². The van der Waals surface area contributed by atoms with Gasteiger partial charge in [0.15, 0.2) is 5.82 Å². The quantitative estimate of drug-likeness (QED) is 0.418. The van der Waals surface area contributed by atoms with E-state index in [1.807, 2.05) is 24.8 Å². The largest absolute Gasteiger partial charge is 0.343 e. The summed E-state index contributed by atoms with van der Waals surface area (Å²) in [7, 11) is 0. The minimum absolute atomic E-state index is 0.0942. The Kier molecular flexibility index (Phi) is 6.62. The molecule has 146 valence electrons. The van der Waals surface area contributed by atoms with Gasteiger partial charge < -0.3 is 4.90 Å². The second-order valence-electron chi connectivity index (χ2n) is 6.42. The van der Waals surface area contributed by atoms with Gasteiger partial charge in [-0.1, -0.05) is 24.8 Å². The van der Waals surface area contributed by atoms with Crippen LogP contribution >= 0.6 is 11.8 Å². The molecule has 1 aromatic heterocycles. The second-order valence-corrected chi connectivity index (χ2v) is 7.38. The van der Waals surface area contributed by atoms with Crippen LogP contribution in [0.3, 0.4) is 0 Å². The minimum atomic E-state index is -0.295. The van der Waals surface area contributed by atoms with Gasteiger partial charge in [0.2, 0.25) is 5.91 Å². The maximum Gasteiger partial charge on any atom is 0.232 e. The lowest BCUT2D eigenvalue weighted by molar-refractivity contribution is -0.127. The van der Waals surface area contributed by atoms with Crippen molar-refractivity contribution in [2.45, 2.75) is 32.2 Å². The first-order valence-corrected chi connectivity index (χ1v) is 10.5. The number of amides is 1. The molecule has 2 aromatic carbocycles. The Morgan fingerprint density at radius 2 is 1.75 bits per heavy atom. The van der Waals surface area contributed by atoms with E-state index in [1.54, 1.807) is 12.1 Å². The topological polar surface area (TPSA) is 46.1 Å². The molecule has 0 fully saturated rings. The third kappa shape index (κ3) is 4.50. The molecule has 4 nitrogen and oxygen atoms in total. The van der Waals surface area contributed by atoms with Gasteiger partial charge in [-0.15, -0.1) is 0 Å². The van der Waals surface area contributed by atoms with E-state index >= 15 is 0 Å². The zero-order valence-corrected chi connectivity index (χ0v) is 17.2. The molecule has 0 bridgehead atoms. The molecule has 0 N–H and O–H groups in total. The van der Waals surface area contributed by atoms with Crippen LogP contribution in [0.4, 0.5) is 4.39 Å². The Morgan fingerprint density at radius 1 is 1.04 bits per heavy atom. The molecule has 1 heterocycles. The van der Waals surface area contributed by atoms with Gasteiger partial charge in [-0.2, -0.15) is 0 Å². The van der Waals surface area contributed by atoms with Crippen molar-refractivity contribution >= 4 is 28.6 Å². The molecule has 0 atom stereocenters. The summed E-state index contributed by atoms with van der Waals surface area (Å²) in [6.07, 6.45) is 0.915. The summed E-state index contributed by atoms with van der Waals surface area (Å²) >= 11 is 1.43. The van der Waals surface area contributed by atoms with Crippen molar-refractivity contribution < 1.29 is 9.18 Å². The Bertz CT molecular complexity index is 971. The lowest BCUT2D eigenvalue weighted by atomic mass is 10.1. The number of halogens is 1. The number of carbonyl (C=O) groups excluding carboxylic acids is 1. The molecule has 0 aliphatic heterocycles. The third-order valence-electron chi connectivity index (χ3n) is 4.68. The Morgan fingerprint density at radius 3 is 2.39 bits per heavy atom. The summed E-state index contributed by atoms with van der Waals surface area (Å²) in [5, 5.41) is 1.72. The first-order valence-electron chi connectivity index (χ1n) is 9.52. The molecule has 28 heavy (non-hydrogen) atoms. The van der Waals surface area contributed by atoms with Crippen LogP contribution in [0.25, 0.3) is 22.3 Å². The molecular formula is C22H24FN3OS. The fourth-order valence-electron chi connectivity index (χ4n) is 3.00. The molecule has 3 rings (SSSR count). The molecule has 0 spiro atoms. The number of hydrogen-bond acceptors (Lipinski definition) is 4. The summed E-state index contributed by atoms with van der Waals surface area (Å²) in [5.41, 5.74) is 2.77. The van der Waals surface area contributed by atoms with Crippen molar-refractivity contribution in [3.63, 3.8) is 0 Å². The normalized spacial score (nSPS) is 11.0. The predicted octanol–water partition coefficient (Wildman–Crippen LogP) is 4.96. The van der Waals surface area contributed by atoms with Crippen LogP contribution in [-0.2, 0) is 11.2 Å². The number of carbonyl (C=O) groups is 1. The van der Waals surface area contributed by atoms with Gasteiger partial charge in [0.1, 0.15) is 10.8 Å². The monoisotopic (exact) mass is 397 g/mol. The SMILES string of the molecule is CCc1ccc2nc(-c3ccc(F)cc3)nc(SCC(=O)N(CC)CC)c2c1. The van der Waals surface area contributed by atoms with Crippen molar-refractivity contribution in [2.75, 3.05) is 18.8 Å². The summed E-state index contributed by atoms with van der Waals surface area (Å²) in [5.74, 6) is 0.662. The van der Waals surface area contributed by atoms with Gasteiger partial charge in [0.25, 0.3) is 0 Å². The van der Waals surface area contributed by atoms with E-state index in [-0.39, 0.29) is 11.7 Å². The summed E-state index contributed by atoms with van der Waals surface area (Å²) in [4.78, 5) is 23.6. The van der Waals surface area contributed by atoms with Crippen LogP contribution in [0, 0.1) is 5.82 Å². The second kappa shape index (κ2) is 9.15. The predicted molar refractivity (Wildman–Crippen MR) is 113 cm³/mol. The lowest BCUT2D eigenvalue weighted by Crippen LogP contribution is -2.31. The molecule has 0 saturated carbocycles. The summed E-state index contributed by atoms with van der Waals surface area (Å²) < 4.78 is 13.3. The molecule has 0 radical (unpaired) electrons. The van der Waals surface area contributed by atoms with Crippen molar-refractivity contribution in [3.8, 4) is 11.4 Å². The Balaban J connectivity index is 2.01. The van der Waals surface area contributed by atoms with Crippen LogP contribution in [-0.4, -0.2) is 39.6 Å². The fraction of sp³-hybridized carbons (Fsp3) is 0.318. The van der Waals surface area contributed by atoms with E-state index in [1.165, 1.54) is 29.5 Å². The first-order chi connectivity index (χ1) is 13.5. The number of nitrogens with zero attached hydrogens (tertiary/aromatic N) is 3. The van der Waals surface area contributed by atoms with Crippen LogP contribution in [0.1, 0.15) is 26.3 Å². The molecule has 3 aromatic rings. The highest BCUT2D eigenvalue weighted by Crippen LogP contribution is 2.29. The molecule has 0 unspecified atom stereocenters. The van der Waals surface area contributed by atoms with Crippen molar-refractivity contribution in [3.05, 3.63) is 53.8 Å². The maximum absolute atomic E-state index is 13.3. The number of hydrogen-bond donors (Lipinski definition) is 0. The van der Waals surface area contributed by atoms with Crippen molar-refractivity contribution in [2.24, 2.45) is 0 Å². The van der Waals surface area contributed by atoms with E-state index in [9.17, 15) is 9.18 Å². The first kappa shape index (κ1) is 20.3. The van der Waals surface area contributed by atoms with E-state index in [4.69, 9.17) is 4.98 Å². The fourth-order valence-corrected chi connectivity index (χ4v) is 3.92. The zero-order valence-electron chi connectivity index (χ0n) is 16.4. The van der Waals surface area contributed by atoms with Gasteiger partial charge in [-0.3, -0.25) is 4.79 Å². The molecule has 1 amide bonds. The number of thioether (sulfide) groups is 1. The number of aryl methyl sites for hydroxylation is 1. The van der Waals surface area contributed by atoms with E-state index in [0.29, 0.717) is 24.7 Å². The number of aromatic nitrogens is 2. The number of rotatable bonds is 7. The third-order valence-corrected chi connectivity index (χ3v) is 5.66. The van der Waals surface area contributed by atoms with E-state index in [0.717, 1.165) is 27.9 Å². The molecular weight excluding hydrogens is 373 g/mol. The van der Waals surface area contributed by atoms with Crippen LogP contribution in [0.15, 0.2) is 47.5 Å². The smallest absolute Gasteiger partial charge is 0.232 e. The van der Waals surface area contributed by atoms with E-state index < -0.39 is 0 Å². The molecule has 0 saturated heterocycles. The minimum Gasteiger partial charge on any atom is -0.343 e. The van der Waals surface area contributed by atoms with Gasteiger partial charge in [0.05, 0.1) is 11.3 Å². The van der Waals surface area contributed by atoms with Gasteiger partial charge in [-0.05, 0) is 62.2 Å². The van der Waals surface area contributed by atoms with Crippen LogP contribution in [0.2, 0.25) is 0 Å². The van der Waals surface area contributed by atoms with Gasteiger partial charge >= 0.3 is 0 Å². The standard InChI is InChI=1S/C22H24FN3OS/c1-4-15-7-12-19-18(13-15)22(28-14-20(27)26(5-2)6-3)25-21(24-19)16-8-10-17(23)11-9-16/h7-13H,4-6,14H2,1-3H3. The molecule has 6 heteroatoms. The Labute approximate surface area is 169 Å². The highest BCUT2D eigenvalue weighted by molar-refractivity contribution is 8.00. The van der Waals surface area contributed by atoms with Crippen molar-refractivity contribution in [1.29, 1.82) is 0 Å². The zero-order chi connectivity index (χ0) is 20.1. The van der Waals surface area contributed by atoms with E-state index in [2.05, 4.69) is 24.0 Å².